The van der Waals surface area contributed by atoms with Crippen LogP contribution >= 0.6 is 0 Å². The van der Waals surface area contributed by atoms with E-state index in [1.165, 1.54) is 5.56 Å². The van der Waals surface area contributed by atoms with Gasteiger partial charge in [0, 0.05) is 29.8 Å². The van der Waals surface area contributed by atoms with Crippen molar-refractivity contribution in [2.24, 2.45) is 11.8 Å². The second kappa shape index (κ2) is 9.21. The molecule has 2 aliphatic heterocycles. The van der Waals surface area contributed by atoms with Crippen LogP contribution in [0, 0.1) is 11.8 Å². The van der Waals surface area contributed by atoms with Gasteiger partial charge in [-0.2, -0.15) is 0 Å². The van der Waals surface area contributed by atoms with E-state index in [-0.39, 0.29) is 41.8 Å². The van der Waals surface area contributed by atoms with Gasteiger partial charge >= 0.3 is 0 Å². The van der Waals surface area contributed by atoms with Crippen molar-refractivity contribution in [1.29, 1.82) is 0 Å². The maximum absolute atomic E-state index is 14.1. The summed E-state index contributed by atoms with van der Waals surface area (Å²) in [6.07, 6.45) is 8.22. The Balaban J connectivity index is 1.27. The average molecular weight is 470 g/mol. The lowest BCUT2D eigenvalue weighted by molar-refractivity contribution is -0.138. The van der Waals surface area contributed by atoms with Crippen LogP contribution in [-0.2, 0) is 4.79 Å². The summed E-state index contributed by atoms with van der Waals surface area (Å²) in [6, 6.07) is 17.6. The number of rotatable bonds is 4. The van der Waals surface area contributed by atoms with Crippen LogP contribution in [0.4, 0.5) is 5.69 Å². The first kappa shape index (κ1) is 21.9. The van der Waals surface area contributed by atoms with E-state index in [1.807, 2.05) is 42.6 Å². The summed E-state index contributed by atoms with van der Waals surface area (Å²) < 4.78 is 0. The zero-order valence-corrected chi connectivity index (χ0v) is 19.7. The van der Waals surface area contributed by atoms with Gasteiger partial charge in [-0.3, -0.25) is 9.59 Å². The van der Waals surface area contributed by atoms with Gasteiger partial charge < -0.3 is 20.5 Å². The first-order valence-corrected chi connectivity index (χ1v) is 12.7. The van der Waals surface area contributed by atoms with Crippen molar-refractivity contribution >= 4 is 17.5 Å². The fourth-order valence-electron chi connectivity index (χ4n) is 6.37. The molecule has 0 spiro atoms. The van der Waals surface area contributed by atoms with Crippen molar-refractivity contribution in [3.05, 3.63) is 83.9 Å². The zero-order chi connectivity index (χ0) is 23.8. The number of aromatic amines is 1. The first-order chi connectivity index (χ1) is 17.2. The number of carbonyl (C=O) groups is 2. The molecule has 3 N–H and O–H groups in total. The number of hydrogen-bond donors (Lipinski definition) is 3. The Labute approximate surface area is 205 Å². The number of hydrogen-bond acceptors (Lipinski definition) is 4. The predicted molar refractivity (Wildman–Crippen MR) is 134 cm³/mol. The Hall–Kier alpha value is -3.61. The standard InChI is InChI=1S/C28H31N5O2/c34-27(18-8-2-1-3-9-18)32-23-13-7-5-11-20(23)28(35)33-15-14-21-25(24-16-29-17-30-24)31-22-12-6-4-10-19(22)26(21)33/h1-4,6,8-10,12,16-17,20-21,23,25-26,31H,5,7,11,13-15H2,(H,29,30)(H,32,34)/t20-,21-,23+,25-,26+/m0/s1. The molecular weight excluding hydrogens is 438 g/mol. The maximum atomic E-state index is 14.1. The number of H-pyrrole nitrogens is 1. The van der Waals surface area contributed by atoms with Crippen LogP contribution in [0.3, 0.4) is 0 Å². The van der Waals surface area contributed by atoms with Crippen LogP contribution in [0.25, 0.3) is 0 Å². The molecule has 5 atom stereocenters. The molecule has 1 saturated carbocycles. The van der Waals surface area contributed by atoms with Crippen LogP contribution < -0.4 is 10.6 Å². The Morgan fingerprint density at radius 3 is 2.60 bits per heavy atom. The Kier molecular flexibility index (Phi) is 5.76. The quantitative estimate of drug-likeness (QED) is 0.526. The SMILES string of the molecule is O=C(N[C@@H]1CCCC[C@@H]1C(=O)N1CC[C@H]2[C@@H](c3cnc[nH]3)Nc3ccccc3[C@H]21)c1ccccc1. The summed E-state index contributed by atoms with van der Waals surface area (Å²) >= 11 is 0. The molecule has 0 bridgehead atoms. The van der Waals surface area contributed by atoms with E-state index in [2.05, 4.69) is 43.7 Å². The maximum Gasteiger partial charge on any atom is 0.251 e. The number of para-hydroxylation sites is 1. The Morgan fingerprint density at radius 1 is 0.971 bits per heavy atom. The summed E-state index contributed by atoms with van der Waals surface area (Å²) in [5.41, 5.74) is 3.94. The van der Waals surface area contributed by atoms with E-state index in [4.69, 9.17) is 0 Å². The molecule has 3 aliphatic rings. The van der Waals surface area contributed by atoms with Crippen LogP contribution in [-0.4, -0.2) is 39.3 Å². The van der Waals surface area contributed by atoms with E-state index in [0.717, 1.165) is 50.0 Å². The molecule has 7 heteroatoms. The summed E-state index contributed by atoms with van der Waals surface area (Å²) in [5, 5.41) is 6.90. The van der Waals surface area contributed by atoms with Crippen molar-refractivity contribution in [2.75, 3.05) is 11.9 Å². The number of benzene rings is 2. The van der Waals surface area contributed by atoms with Gasteiger partial charge in [-0.15, -0.1) is 0 Å². The molecule has 35 heavy (non-hydrogen) atoms. The molecular formula is C28H31N5O2. The van der Waals surface area contributed by atoms with Crippen LogP contribution in [0.2, 0.25) is 0 Å². The lowest BCUT2D eigenvalue weighted by atomic mass is 9.80. The van der Waals surface area contributed by atoms with Gasteiger partial charge in [0.05, 0.1) is 36.2 Å². The molecule has 2 amide bonds. The Bertz CT molecular complexity index is 1200. The average Bonchev–Trinajstić information content (AvgIpc) is 3.60. The van der Waals surface area contributed by atoms with Crippen molar-refractivity contribution in [2.45, 2.75) is 50.2 Å². The molecule has 6 rings (SSSR count). The van der Waals surface area contributed by atoms with E-state index in [0.29, 0.717) is 5.56 Å². The summed E-state index contributed by atoms with van der Waals surface area (Å²) in [6.45, 7) is 0.727. The van der Waals surface area contributed by atoms with Crippen LogP contribution in [0.5, 0.6) is 0 Å². The minimum atomic E-state index is -0.192. The van der Waals surface area contributed by atoms with E-state index in [9.17, 15) is 9.59 Å². The van der Waals surface area contributed by atoms with E-state index in [1.54, 1.807) is 6.33 Å². The normalized spacial score (nSPS) is 27.4. The number of imidazole rings is 1. The van der Waals surface area contributed by atoms with Gasteiger partial charge in [-0.05, 0) is 43.0 Å². The predicted octanol–water partition coefficient (Wildman–Crippen LogP) is 4.45. The number of fused-ring (bicyclic) bond motifs is 3. The van der Waals surface area contributed by atoms with Gasteiger partial charge in [0.25, 0.3) is 5.91 Å². The number of likely N-dealkylation sites (tertiary alicyclic amines) is 1. The third-order valence-electron chi connectivity index (χ3n) is 8.04. The van der Waals surface area contributed by atoms with Crippen molar-refractivity contribution < 1.29 is 9.59 Å². The van der Waals surface area contributed by atoms with E-state index >= 15 is 0 Å². The van der Waals surface area contributed by atoms with Crippen LogP contribution in [0.1, 0.15) is 65.8 Å². The number of aromatic nitrogens is 2. The highest BCUT2D eigenvalue weighted by Gasteiger charge is 2.48. The molecule has 2 fully saturated rings. The van der Waals surface area contributed by atoms with Gasteiger partial charge in [0.1, 0.15) is 0 Å². The van der Waals surface area contributed by atoms with Gasteiger partial charge in [0.2, 0.25) is 5.91 Å². The number of carbonyl (C=O) groups excluding carboxylic acids is 2. The molecule has 3 aromatic rings. The fraction of sp³-hybridized carbons (Fsp3) is 0.393. The topological polar surface area (TPSA) is 90.1 Å². The minimum Gasteiger partial charge on any atom is -0.376 e. The van der Waals surface area contributed by atoms with E-state index < -0.39 is 0 Å². The summed E-state index contributed by atoms with van der Waals surface area (Å²) in [4.78, 5) is 36.7. The number of anilines is 1. The summed E-state index contributed by atoms with van der Waals surface area (Å²) in [7, 11) is 0. The number of amides is 2. The van der Waals surface area contributed by atoms with Gasteiger partial charge in [-0.1, -0.05) is 49.2 Å². The Morgan fingerprint density at radius 2 is 1.77 bits per heavy atom. The zero-order valence-electron chi connectivity index (χ0n) is 19.7. The third-order valence-corrected chi connectivity index (χ3v) is 8.04. The highest BCUT2D eigenvalue weighted by atomic mass is 16.2. The molecule has 2 aromatic carbocycles. The molecule has 1 saturated heterocycles. The van der Waals surface area contributed by atoms with Crippen molar-refractivity contribution in [1.82, 2.24) is 20.2 Å². The van der Waals surface area contributed by atoms with Gasteiger partial charge in [0.15, 0.2) is 0 Å². The molecule has 3 heterocycles. The fourth-order valence-corrected chi connectivity index (χ4v) is 6.37. The monoisotopic (exact) mass is 469 g/mol. The molecule has 180 valence electrons. The third kappa shape index (κ3) is 3.99. The molecule has 7 nitrogen and oxygen atoms in total. The van der Waals surface area contributed by atoms with Crippen molar-refractivity contribution in [3.8, 4) is 0 Å². The summed E-state index contributed by atoms with van der Waals surface area (Å²) in [5.74, 6) is 0.148. The number of nitrogens with one attached hydrogen (secondary N) is 3. The highest BCUT2D eigenvalue weighted by molar-refractivity contribution is 5.94. The van der Waals surface area contributed by atoms with Crippen molar-refractivity contribution in [3.63, 3.8) is 0 Å². The van der Waals surface area contributed by atoms with Gasteiger partial charge in [-0.25, -0.2) is 4.98 Å². The molecule has 0 unspecified atom stereocenters. The molecule has 0 radical (unpaired) electrons. The second-order valence-corrected chi connectivity index (χ2v) is 9.98. The number of nitrogens with zero attached hydrogens (tertiary/aromatic N) is 2. The first-order valence-electron chi connectivity index (χ1n) is 12.7. The second-order valence-electron chi connectivity index (χ2n) is 9.98. The highest BCUT2D eigenvalue weighted by Crippen LogP contribution is 2.51. The molecule has 1 aliphatic carbocycles. The smallest absolute Gasteiger partial charge is 0.251 e. The van der Waals surface area contributed by atoms with Crippen LogP contribution in [0.15, 0.2) is 67.1 Å². The lowest BCUT2D eigenvalue weighted by Gasteiger charge is -2.41. The molecule has 1 aromatic heterocycles. The minimum absolute atomic E-state index is 0.0145. The largest absolute Gasteiger partial charge is 0.376 e. The lowest BCUT2D eigenvalue weighted by Crippen LogP contribution is -2.50.